The lowest BCUT2D eigenvalue weighted by molar-refractivity contribution is 0.196. The Morgan fingerprint density at radius 2 is 1.94 bits per heavy atom. The van der Waals surface area contributed by atoms with Gasteiger partial charge in [0.15, 0.2) is 0 Å². The van der Waals surface area contributed by atoms with Gasteiger partial charge in [0.2, 0.25) is 0 Å². The molecular weight excluding hydrogens is 243 g/mol. The molecular formula is C12H17FOS2. The zero-order chi connectivity index (χ0) is 12.0. The summed E-state index contributed by atoms with van der Waals surface area (Å²) in [6, 6.07) is 6.82. The van der Waals surface area contributed by atoms with Crippen molar-refractivity contribution < 1.29 is 9.50 Å². The summed E-state index contributed by atoms with van der Waals surface area (Å²) < 4.78 is 13.2. The van der Waals surface area contributed by atoms with Crippen LogP contribution in [0.4, 0.5) is 4.39 Å². The average Bonchev–Trinajstić information content (AvgIpc) is 2.26. The van der Waals surface area contributed by atoms with Crippen LogP contribution in [0.25, 0.3) is 0 Å². The highest BCUT2D eigenvalue weighted by molar-refractivity contribution is 8.03. The highest BCUT2D eigenvalue weighted by Crippen LogP contribution is 2.23. The Hall–Kier alpha value is -0.190. The van der Waals surface area contributed by atoms with Gasteiger partial charge in [0.1, 0.15) is 5.82 Å². The molecule has 0 aromatic heterocycles. The van der Waals surface area contributed by atoms with Gasteiger partial charge in [0, 0.05) is 21.7 Å². The van der Waals surface area contributed by atoms with E-state index in [1.807, 2.05) is 13.0 Å². The third-order valence-corrected chi connectivity index (χ3v) is 4.91. The quantitative estimate of drug-likeness (QED) is 0.625. The fourth-order valence-corrected chi connectivity index (χ4v) is 3.06. The van der Waals surface area contributed by atoms with Crippen molar-refractivity contribution in [2.24, 2.45) is 0 Å². The molecule has 1 aromatic rings. The summed E-state index contributed by atoms with van der Waals surface area (Å²) in [5.74, 6) is 1.63. The maximum absolute atomic E-state index is 13.2. The first-order valence-corrected chi connectivity index (χ1v) is 7.31. The molecule has 0 fully saturated rings. The summed E-state index contributed by atoms with van der Waals surface area (Å²) >= 11 is 3.24. The van der Waals surface area contributed by atoms with Crippen LogP contribution < -0.4 is 0 Å². The van der Waals surface area contributed by atoms with E-state index >= 15 is 0 Å². The normalized spacial score (nSPS) is 14.8. The molecule has 1 aromatic carbocycles. The van der Waals surface area contributed by atoms with Gasteiger partial charge in [0.25, 0.3) is 0 Å². The molecule has 90 valence electrons. The van der Waals surface area contributed by atoms with Crippen LogP contribution in [0, 0.1) is 5.82 Å². The average molecular weight is 260 g/mol. The molecule has 0 amide bonds. The third-order valence-electron chi connectivity index (χ3n) is 2.24. The first kappa shape index (κ1) is 13.9. The predicted octanol–water partition coefficient (Wildman–Crippen LogP) is 3.42. The summed E-state index contributed by atoms with van der Waals surface area (Å²) in [4.78, 5) is 0.702. The summed E-state index contributed by atoms with van der Waals surface area (Å²) in [5, 5.41) is 9.53. The zero-order valence-corrected chi connectivity index (χ0v) is 11.2. The van der Waals surface area contributed by atoms with Gasteiger partial charge in [0.05, 0.1) is 6.10 Å². The molecule has 2 atom stereocenters. The van der Waals surface area contributed by atoms with E-state index < -0.39 is 0 Å². The third kappa shape index (κ3) is 4.76. The smallest absolute Gasteiger partial charge is 0.136 e. The summed E-state index contributed by atoms with van der Waals surface area (Å²) in [7, 11) is 0. The molecule has 1 rings (SSSR count). The molecule has 0 saturated heterocycles. The van der Waals surface area contributed by atoms with E-state index in [1.165, 1.54) is 17.8 Å². The molecule has 0 aliphatic heterocycles. The second-order valence-electron chi connectivity index (χ2n) is 3.60. The first-order valence-electron chi connectivity index (χ1n) is 5.28. The number of benzene rings is 1. The number of aliphatic hydroxyl groups excluding tert-OH is 1. The van der Waals surface area contributed by atoms with Crippen molar-refractivity contribution in [1.29, 1.82) is 0 Å². The molecule has 1 nitrogen and oxygen atoms in total. The molecule has 0 aliphatic carbocycles. The fourth-order valence-electron chi connectivity index (χ4n) is 1.09. The first-order chi connectivity index (χ1) is 7.61. The van der Waals surface area contributed by atoms with Crippen LogP contribution in [-0.4, -0.2) is 28.0 Å². The minimum Gasteiger partial charge on any atom is -0.392 e. The number of aliphatic hydroxyl groups is 1. The fraction of sp³-hybridized carbons (Fsp3) is 0.500. The predicted molar refractivity (Wildman–Crippen MR) is 70.7 cm³/mol. The Bertz CT molecular complexity index is 318. The van der Waals surface area contributed by atoms with E-state index in [0.717, 1.165) is 11.5 Å². The lowest BCUT2D eigenvalue weighted by Crippen LogP contribution is -2.15. The van der Waals surface area contributed by atoms with Crippen molar-refractivity contribution in [3.63, 3.8) is 0 Å². The van der Waals surface area contributed by atoms with E-state index in [4.69, 9.17) is 0 Å². The second-order valence-corrected chi connectivity index (χ2v) is 6.22. The van der Waals surface area contributed by atoms with Crippen molar-refractivity contribution in [2.45, 2.75) is 30.1 Å². The summed E-state index contributed by atoms with van der Waals surface area (Å²) in [6.07, 6.45) is -0.288. The summed E-state index contributed by atoms with van der Waals surface area (Å²) in [6.45, 7) is 3.80. The molecule has 2 unspecified atom stereocenters. The van der Waals surface area contributed by atoms with Crippen molar-refractivity contribution in [3.05, 3.63) is 30.1 Å². The van der Waals surface area contributed by atoms with Crippen LogP contribution in [0.5, 0.6) is 0 Å². The zero-order valence-electron chi connectivity index (χ0n) is 9.52. The number of hydrogen-bond donors (Lipinski definition) is 1. The van der Waals surface area contributed by atoms with E-state index in [9.17, 15) is 9.50 Å². The maximum Gasteiger partial charge on any atom is 0.136 e. The molecule has 1 N–H and O–H groups in total. The Balaban J connectivity index is 2.24. The molecule has 0 spiro atoms. The highest BCUT2D eigenvalue weighted by atomic mass is 32.2. The van der Waals surface area contributed by atoms with E-state index in [2.05, 4.69) is 0 Å². The standard InChI is InChI=1S/C12H17FOS2/c1-9(14)10(2)15-7-8-16-12-6-4-3-5-11(12)13/h3-6,9-10,14H,7-8H2,1-2H3. The van der Waals surface area contributed by atoms with E-state index in [-0.39, 0.29) is 17.2 Å². The maximum atomic E-state index is 13.2. The van der Waals surface area contributed by atoms with Crippen LogP contribution in [0.1, 0.15) is 13.8 Å². The van der Waals surface area contributed by atoms with Gasteiger partial charge in [-0.3, -0.25) is 0 Å². The lowest BCUT2D eigenvalue weighted by Gasteiger charge is -2.13. The monoisotopic (exact) mass is 260 g/mol. The minimum atomic E-state index is -0.288. The van der Waals surface area contributed by atoms with Crippen molar-refractivity contribution in [1.82, 2.24) is 0 Å². The summed E-state index contributed by atoms with van der Waals surface area (Å²) in [5.41, 5.74) is 0. The van der Waals surface area contributed by atoms with Gasteiger partial charge in [-0.15, -0.1) is 11.8 Å². The number of halogens is 1. The molecule has 0 bridgehead atoms. The molecule has 0 saturated carbocycles. The second kappa shape index (κ2) is 7.20. The van der Waals surface area contributed by atoms with Gasteiger partial charge in [-0.05, 0) is 19.1 Å². The molecule has 16 heavy (non-hydrogen) atoms. The van der Waals surface area contributed by atoms with Crippen LogP contribution in [0.15, 0.2) is 29.2 Å². The van der Waals surface area contributed by atoms with Crippen LogP contribution in [0.3, 0.4) is 0 Å². The van der Waals surface area contributed by atoms with Crippen LogP contribution >= 0.6 is 23.5 Å². The van der Waals surface area contributed by atoms with E-state index in [0.29, 0.717) is 4.90 Å². The largest absolute Gasteiger partial charge is 0.392 e. The molecule has 0 radical (unpaired) electrons. The Morgan fingerprint density at radius 1 is 1.25 bits per heavy atom. The SMILES string of the molecule is CC(O)C(C)SCCSc1ccccc1F. The Labute approximate surface area is 105 Å². The topological polar surface area (TPSA) is 20.2 Å². The van der Waals surface area contributed by atoms with Gasteiger partial charge in [-0.1, -0.05) is 19.1 Å². The highest BCUT2D eigenvalue weighted by Gasteiger charge is 2.08. The number of rotatable bonds is 6. The number of hydrogen-bond acceptors (Lipinski definition) is 3. The minimum absolute atomic E-state index is 0.152. The van der Waals surface area contributed by atoms with Gasteiger partial charge >= 0.3 is 0 Å². The van der Waals surface area contributed by atoms with Crippen molar-refractivity contribution in [2.75, 3.05) is 11.5 Å². The van der Waals surface area contributed by atoms with Gasteiger partial charge in [-0.2, -0.15) is 11.8 Å². The van der Waals surface area contributed by atoms with E-state index in [1.54, 1.807) is 30.8 Å². The van der Waals surface area contributed by atoms with Crippen molar-refractivity contribution in [3.8, 4) is 0 Å². The Kier molecular flexibility index (Phi) is 6.24. The van der Waals surface area contributed by atoms with Crippen molar-refractivity contribution >= 4 is 23.5 Å². The van der Waals surface area contributed by atoms with Crippen LogP contribution in [0.2, 0.25) is 0 Å². The molecule has 0 heterocycles. The lowest BCUT2D eigenvalue weighted by atomic mass is 10.3. The van der Waals surface area contributed by atoms with Gasteiger partial charge < -0.3 is 5.11 Å². The molecule has 0 aliphatic rings. The Morgan fingerprint density at radius 3 is 2.56 bits per heavy atom. The number of thioether (sulfide) groups is 2. The molecule has 4 heteroatoms. The van der Waals surface area contributed by atoms with Crippen LogP contribution in [-0.2, 0) is 0 Å². The van der Waals surface area contributed by atoms with Gasteiger partial charge in [-0.25, -0.2) is 4.39 Å².